The Kier molecular flexibility index (Phi) is 11.1. The smallest absolute Gasteiger partial charge is 0.338 e. The molecule has 3 N–H and O–H groups in total. The SMILES string of the molecule is CCOC(=O)c1ccc(OCC(=O)NNC(=S)NC(=O)c2cc(Br)ccc2OCCc2ccccc2)cc1. The van der Waals surface area contributed by atoms with Crippen LogP contribution in [0.3, 0.4) is 0 Å². The van der Waals surface area contributed by atoms with Gasteiger partial charge in [0, 0.05) is 10.9 Å². The van der Waals surface area contributed by atoms with E-state index in [0.29, 0.717) is 34.6 Å². The Morgan fingerprint density at radius 3 is 2.37 bits per heavy atom. The van der Waals surface area contributed by atoms with Crippen molar-refractivity contribution in [3.05, 3.63) is 94.0 Å². The molecule has 0 spiro atoms. The number of benzene rings is 3. The average Bonchev–Trinajstić information content (AvgIpc) is 2.92. The van der Waals surface area contributed by atoms with Gasteiger partial charge in [-0.25, -0.2) is 4.79 Å². The third kappa shape index (κ3) is 9.16. The van der Waals surface area contributed by atoms with Crippen LogP contribution in [0.25, 0.3) is 0 Å². The average molecular weight is 600 g/mol. The maximum absolute atomic E-state index is 12.8. The van der Waals surface area contributed by atoms with Crippen LogP contribution >= 0.6 is 28.1 Å². The van der Waals surface area contributed by atoms with Gasteiger partial charge in [0.15, 0.2) is 11.7 Å². The Morgan fingerprint density at radius 1 is 0.921 bits per heavy atom. The van der Waals surface area contributed by atoms with E-state index in [2.05, 4.69) is 32.1 Å². The molecular formula is C27H26BrN3O6S. The summed E-state index contributed by atoms with van der Waals surface area (Å²) in [6, 6.07) is 21.1. The standard InChI is InChI=1S/C27H26BrN3O6S/c1-2-35-26(34)19-8-11-21(12-9-19)37-17-24(32)30-31-27(38)29-25(33)22-16-20(28)10-13-23(22)36-15-14-18-6-4-3-5-7-18/h3-13,16H,2,14-15,17H2,1H3,(H,30,32)(H2,29,31,33,38). The second kappa shape index (κ2) is 14.7. The fourth-order valence-electron chi connectivity index (χ4n) is 3.14. The van der Waals surface area contributed by atoms with Gasteiger partial charge in [-0.3, -0.25) is 25.8 Å². The molecule has 198 valence electrons. The first-order chi connectivity index (χ1) is 18.4. The number of amides is 2. The van der Waals surface area contributed by atoms with Crippen LogP contribution in [0.1, 0.15) is 33.2 Å². The molecule has 0 saturated carbocycles. The molecule has 3 aromatic rings. The summed E-state index contributed by atoms with van der Waals surface area (Å²) in [7, 11) is 0. The van der Waals surface area contributed by atoms with Crippen molar-refractivity contribution in [2.75, 3.05) is 19.8 Å². The number of thiocarbonyl (C=S) groups is 1. The van der Waals surface area contributed by atoms with E-state index >= 15 is 0 Å². The normalized spacial score (nSPS) is 10.2. The van der Waals surface area contributed by atoms with E-state index in [1.807, 2.05) is 30.3 Å². The van der Waals surface area contributed by atoms with Crippen molar-refractivity contribution in [2.45, 2.75) is 13.3 Å². The van der Waals surface area contributed by atoms with Crippen LogP contribution in [0, 0.1) is 0 Å². The number of hydrazine groups is 1. The number of ether oxygens (including phenoxy) is 3. The van der Waals surface area contributed by atoms with Gasteiger partial charge in [-0.1, -0.05) is 46.3 Å². The molecule has 2 amide bonds. The predicted octanol–water partition coefficient (Wildman–Crippen LogP) is 3.96. The minimum atomic E-state index is -0.538. The maximum Gasteiger partial charge on any atom is 0.338 e. The van der Waals surface area contributed by atoms with E-state index in [1.54, 1.807) is 37.3 Å². The zero-order chi connectivity index (χ0) is 27.3. The molecule has 11 heteroatoms. The number of rotatable bonds is 10. The summed E-state index contributed by atoms with van der Waals surface area (Å²) in [6.45, 7) is 2.06. The van der Waals surface area contributed by atoms with Gasteiger partial charge in [-0.2, -0.15) is 0 Å². The molecule has 3 aromatic carbocycles. The van der Waals surface area contributed by atoms with Crippen molar-refractivity contribution in [3.63, 3.8) is 0 Å². The second-order valence-electron chi connectivity index (χ2n) is 7.71. The van der Waals surface area contributed by atoms with Crippen molar-refractivity contribution >= 4 is 51.0 Å². The lowest BCUT2D eigenvalue weighted by Crippen LogP contribution is -2.49. The summed E-state index contributed by atoms with van der Waals surface area (Å²) in [6.07, 6.45) is 0.682. The predicted molar refractivity (Wildman–Crippen MR) is 149 cm³/mol. The number of hydrogen-bond acceptors (Lipinski definition) is 7. The molecule has 0 fully saturated rings. The molecular weight excluding hydrogens is 574 g/mol. The van der Waals surface area contributed by atoms with Crippen molar-refractivity contribution in [1.29, 1.82) is 0 Å². The van der Waals surface area contributed by atoms with Crippen LogP contribution in [-0.4, -0.2) is 42.7 Å². The molecule has 0 radical (unpaired) electrons. The molecule has 0 unspecified atom stereocenters. The number of nitrogens with one attached hydrogen (secondary N) is 3. The molecule has 3 rings (SSSR count). The number of carbonyl (C=O) groups excluding carboxylic acids is 3. The highest BCUT2D eigenvalue weighted by Crippen LogP contribution is 2.23. The molecule has 9 nitrogen and oxygen atoms in total. The van der Waals surface area contributed by atoms with Crippen molar-refractivity contribution in [3.8, 4) is 11.5 Å². The number of halogens is 1. The van der Waals surface area contributed by atoms with E-state index in [0.717, 1.165) is 5.56 Å². The Labute approximate surface area is 234 Å². The van der Waals surface area contributed by atoms with E-state index in [1.165, 1.54) is 12.1 Å². The fourth-order valence-corrected chi connectivity index (χ4v) is 3.65. The lowest BCUT2D eigenvalue weighted by atomic mass is 10.1. The van der Waals surface area contributed by atoms with Gasteiger partial charge in [0.25, 0.3) is 11.8 Å². The lowest BCUT2D eigenvalue weighted by Gasteiger charge is -2.14. The lowest BCUT2D eigenvalue weighted by molar-refractivity contribution is -0.123. The number of esters is 1. The van der Waals surface area contributed by atoms with Crippen LogP contribution in [0.4, 0.5) is 0 Å². The summed E-state index contributed by atoms with van der Waals surface area (Å²) in [4.78, 5) is 36.6. The van der Waals surface area contributed by atoms with Gasteiger partial charge in [-0.15, -0.1) is 0 Å². The van der Waals surface area contributed by atoms with Crippen LogP contribution < -0.4 is 25.6 Å². The van der Waals surface area contributed by atoms with E-state index in [4.69, 9.17) is 26.4 Å². The quantitative estimate of drug-likeness (QED) is 0.182. The Hall–Kier alpha value is -3.96. The highest BCUT2D eigenvalue weighted by atomic mass is 79.9. The maximum atomic E-state index is 12.8. The molecule has 0 aliphatic heterocycles. The topological polar surface area (TPSA) is 115 Å². The number of hydrogen-bond donors (Lipinski definition) is 3. The zero-order valence-electron chi connectivity index (χ0n) is 20.5. The van der Waals surface area contributed by atoms with Gasteiger partial charge in [0.1, 0.15) is 11.5 Å². The third-order valence-corrected chi connectivity index (χ3v) is 5.65. The van der Waals surface area contributed by atoms with Crippen LogP contribution in [0.15, 0.2) is 77.3 Å². The first kappa shape index (κ1) is 28.6. The second-order valence-corrected chi connectivity index (χ2v) is 9.04. The van der Waals surface area contributed by atoms with Crippen molar-refractivity contribution < 1.29 is 28.6 Å². The molecule has 38 heavy (non-hydrogen) atoms. The van der Waals surface area contributed by atoms with Gasteiger partial charge in [0.05, 0.1) is 24.3 Å². The van der Waals surface area contributed by atoms with E-state index in [-0.39, 0.29) is 23.9 Å². The molecule has 0 heterocycles. The Balaban J connectivity index is 1.45. The van der Waals surface area contributed by atoms with Gasteiger partial charge >= 0.3 is 5.97 Å². The van der Waals surface area contributed by atoms with Gasteiger partial charge in [-0.05, 0) is 67.2 Å². The molecule has 0 bridgehead atoms. The number of carbonyl (C=O) groups is 3. The van der Waals surface area contributed by atoms with Crippen LogP contribution in [0.5, 0.6) is 11.5 Å². The molecule has 0 saturated heterocycles. The molecule has 0 aromatic heterocycles. The first-order valence-corrected chi connectivity index (χ1v) is 12.8. The molecule has 0 aliphatic rings. The highest BCUT2D eigenvalue weighted by Gasteiger charge is 2.15. The Bertz CT molecular complexity index is 1270. The van der Waals surface area contributed by atoms with Crippen molar-refractivity contribution in [1.82, 2.24) is 16.2 Å². The zero-order valence-corrected chi connectivity index (χ0v) is 22.9. The summed E-state index contributed by atoms with van der Waals surface area (Å²) < 4.78 is 16.8. The fraction of sp³-hybridized carbons (Fsp3) is 0.185. The largest absolute Gasteiger partial charge is 0.492 e. The van der Waals surface area contributed by atoms with Crippen LogP contribution in [-0.2, 0) is 16.0 Å². The molecule has 0 atom stereocenters. The summed E-state index contributed by atoms with van der Waals surface area (Å²) in [5.41, 5.74) is 6.58. The summed E-state index contributed by atoms with van der Waals surface area (Å²) in [5.74, 6) is -0.700. The minimum absolute atomic E-state index is 0.114. The van der Waals surface area contributed by atoms with Gasteiger partial charge in [0.2, 0.25) is 0 Å². The highest BCUT2D eigenvalue weighted by molar-refractivity contribution is 9.10. The summed E-state index contributed by atoms with van der Waals surface area (Å²) in [5, 5.41) is 2.40. The minimum Gasteiger partial charge on any atom is -0.492 e. The third-order valence-electron chi connectivity index (χ3n) is 4.96. The Morgan fingerprint density at radius 2 is 1.66 bits per heavy atom. The molecule has 0 aliphatic carbocycles. The summed E-state index contributed by atoms with van der Waals surface area (Å²) >= 11 is 8.48. The van der Waals surface area contributed by atoms with Gasteiger partial charge < -0.3 is 14.2 Å². The van der Waals surface area contributed by atoms with Crippen LogP contribution in [0.2, 0.25) is 0 Å². The monoisotopic (exact) mass is 599 g/mol. The van der Waals surface area contributed by atoms with E-state index in [9.17, 15) is 14.4 Å². The van der Waals surface area contributed by atoms with Crippen molar-refractivity contribution in [2.24, 2.45) is 0 Å². The van der Waals surface area contributed by atoms with E-state index < -0.39 is 17.8 Å². The first-order valence-electron chi connectivity index (χ1n) is 11.6.